The summed E-state index contributed by atoms with van der Waals surface area (Å²) in [4.78, 5) is 14.5. The van der Waals surface area contributed by atoms with Gasteiger partial charge in [-0.1, -0.05) is 44.2 Å². The summed E-state index contributed by atoms with van der Waals surface area (Å²) < 4.78 is 5.34. The lowest BCUT2D eigenvalue weighted by atomic mass is 9.93. The molecule has 24 heavy (non-hydrogen) atoms. The third-order valence-electron chi connectivity index (χ3n) is 4.76. The number of nitrogens with one attached hydrogen (secondary N) is 1. The van der Waals surface area contributed by atoms with Crippen LogP contribution in [-0.4, -0.2) is 47.4 Å². The predicted molar refractivity (Wildman–Crippen MR) is 94.7 cm³/mol. The number of hydrogen-bond acceptors (Lipinski definition) is 3. The van der Waals surface area contributed by atoms with Crippen LogP contribution in [0.1, 0.15) is 39.2 Å². The fraction of sp³-hybridized carbons (Fsp3) is 0.632. The average molecular weight is 334 g/mol. The molecule has 5 nitrogen and oxygen atoms in total. The van der Waals surface area contributed by atoms with Gasteiger partial charge in [-0.25, -0.2) is 4.79 Å². The second kappa shape index (κ2) is 8.49. The quantitative estimate of drug-likeness (QED) is 0.841. The maximum absolute atomic E-state index is 12.8. The van der Waals surface area contributed by atoms with Crippen LogP contribution in [0.4, 0.5) is 4.79 Å². The molecular weight excluding hydrogens is 304 g/mol. The number of ether oxygens (including phenoxy) is 1. The maximum atomic E-state index is 12.8. The number of carbonyl (C=O) groups is 1. The molecule has 134 valence electrons. The summed E-state index contributed by atoms with van der Waals surface area (Å²) in [5, 5.41) is 13.9. The van der Waals surface area contributed by atoms with Crippen LogP contribution in [0.3, 0.4) is 0 Å². The van der Waals surface area contributed by atoms with E-state index in [9.17, 15) is 9.90 Å². The van der Waals surface area contributed by atoms with Crippen molar-refractivity contribution in [2.45, 2.75) is 51.8 Å². The van der Waals surface area contributed by atoms with Crippen molar-refractivity contribution in [2.24, 2.45) is 5.92 Å². The number of amides is 2. The van der Waals surface area contributed by atoms with Crippen LogP contribution in [0, 0.1) is 5.92 Å². The SMILES string of the molecule is CC(C)C(C)NC(=O)N(Cc1ccccc1)CC1(O)CCOCC1. The van der Waals surface area contributed by atoms with Gasteiger partial charge in [-0.15, -0.1) is 0 Å². The van der Waals surface area contributed by atoms with Gasteiger partial charge in [-0.2, -0.15) is 0 Å². The van der Waals surface area contributed by atoms with E-state index in [0.29, 0.717) is 45.1 Å². The highest BCUT2D eigenvalue weighted by molar-refractivity contribution is 5.74. The molecular formula is C19H30N2O3. The van der Waals surface area contributed by atoms with Crippen LogP contribution < -0.4 is 5.32 Å². The molecule has 1 heterocycles. The molecule has 5 heteroatoms. The predicted octanol–water partition coefficient (Wildman–Crippen LogP) is 2.78. The Morgan fingerprint density at radius 2 is 1.88 bits per heavy atom. The highest BCUT2D eigenvalue weighted by Crippen LogP contribution is 2.23. The normalized spacial score (nSPS) is 18.2. The third kappa shape index (κ3) is 5.49. The zero-order chi connectivity index (χ0) is 17.6. The zero-order valence-electron chi connectivity index (χ0n) is 15.0. The Morgan fingerprint density at radius 1 is 1.25 bits per heavy atom. The van der Waals surface area contributed by atoms with E-state index >= 15 is 0 Å². The molecule has 1 saturated heterocycles. The van der Waals surface area contributed by atoms with Gasteiger partial charge in [-0.3, -0.25) is 0 Å². The van der Waals surface area contributed by atoms with Gasteiger partial charge < -0.3 is 20.1 Å². The fourth-order valence-corrected chi connectivity index (χ4v) is 2.72. The van der Waals surface area contributed by atoms with Crippen LogP contribution >= 0.6 is 0 Å². The Balaban J connectivity index is 2.09. The van der Waals surface area contributed by atoms with E-state index in [1.54, 1.807) is 4.90 Å². The number of nitrogens with zero attached hydrogens (tertiary/aromatic N) is 1. The second-order valence-corrected chi connectivity index (χ2v) is 7.16. The van der Waals surface area contributed by atoms with Crippen LogP contribution in [0.5, 0.6) is 0 Å². The number of urea groups is 1. The summed E-state index contributed by atoms with van der Waals surface area (Å²) in [6.07, 6.45) is 1.12. The minimum absolute atomic E-state index is 0.0834. The van der Waals surface area contributed by atoms with E-state index < -0.39 is 5.60 Å². The van der Waals surface area contributed by atoms with E-state index in [1.807, 2.05) is 37.3 Å². The number of rotatable bonds is 6. The van der Waals surface area contributed by atoms with E-state index in [2.05, 4.69) is 19.2 Å². The molecule has 1 atom stereocenters. The molecule has 0 bridgehead atoms. The summed E-state index contributed by atoms with van der Waals surface area (Å²) >= 11 is 0. The Morgan fingerprint density at radius 3 is 2.46 bits per heavy atom. The number of aliphatic hydroxyl groups is 1. The molecule has 0 radical (unpaired) electrons. The van der Waals surface area contributed by atoms with Gasteiger partial charge in [0, 0.05) is 38.6 Å². The highest BCUT2D eigenvalue weighted by atomic mass is 16.5. The first-order valence-electron chi connectivity index (χ1n) is 8.79. The van der Waals surface area contributed by atoms with Crippen LogP contribution in [0.15, 0.2) is 30.3 Å². The lowest BCUT2D eigenvalue weighted by molar-refractivity contribution is -0.0754. The molecule has 0 spiro atoms. The number of benzene rings is 1. The van der Waals surface area contributed by atoms with Crippen LogP contribution in [0.25, 0.3) is 0 Å². The van der Waals surface area contributed by atoms with Crippen molar-refractivity contribution in [3.8, 4) is 0 Å². The zero-order valence-corrected chi connectivity index (χ0v) is 15.0. The summed E-state index contributed by atoms with van der Waals surface area (Å²) in [6.45, 7) is 8.06. The van der Waals surface area contributed by atoms with E-state index in [4.69, 9.17) is 4.74 Å². The van der Waals surface area contributed by atoms with Crippen molar-refractivity contribution in [2.75, 3.05) is 19.8 Å². The Hall–Kier alpha value is -1.59. The van der Waals surface area contributed by atoms with Crippen molar-refractivity contribution in [3.05, 3.63) is 35.9 Å². The Kier molecular flexibility index (Phi) is 6.63. The van der Waals surface area contributed by atoms with Gasteiger partial charge in [0.05, 0.1) is 12.1 Å². The minimum atomic E-state index is -0.870. The van der Waals surface area contributed by atoms with Gasteiger partial charge in [0.25, 0.3) is 0 Å². The monoisotopic (exact) mass is 334 g/mol. The number of hydrogen-bond donors (Lipinski definition) is 2. The first-order chi connectivity index (χ1) is 11.4. The summed E-state index contributed by atoms with van der Waals surface area (Å²) in [6, 6.07) is 9.85. The smallest absolute Gasteiger partial charge is 0.318 e. The Bertz CT molecular complexity index is 513. The second-order valence-electron chi connectivity index (χ2n) is 7.16. The first kappa shape index (κ1) is 18.7. The molecule has 2 rings (SSSR count). The van der Waals surface area contributed by atoms with Crippen molar-refractivity contribution in [3.63, 3.8) is 0 Å². The van der Waals surface area contributed by atoms with Crippen LogP contribution in [-0.2, 0) is 11.3 Å². The molecule has 1 aromatic carbocycles. The fourth-order valence-electron chi connectivity index (χ4n) is 2.72. The molecule has 0 aromatic heterocycles. The number of carbonyl (C=O) groups excluding carboxylic acids is 1. The average Bonchev–Trinajstić information content (AvgIpc) is 2.55. The molecule has 2 N–H and O–H groups in total. The standard InChI is InChI=1S/C19H30N2O3/c1-15(2)16(3)20-18(22)21(13-17-7-5-4-6-8-17)14-19(23)9-11-24-12-10-19/h4-8,15-16,23H,9-14H2,1-3H3,(H,20,22). The highest BCUT2D eigenvalue weighted by Gasteiger charge is 2.34. The minimum Gasteiger partial charge on any atom is -0.388 e. The van der Waals surface area contributed by atoms with E-state index in [0.717, 1.165) is 5.56 Å². The third-order valence-corrected chi connectivity index (χ3v) is 4.76. The molecule has 0 saturated carbocycles. The lowest BCUT2D eigenvalue weighted by Gasteiger charge is -2.37. The molecule has 1 aliphatic heterocycles. The molecule has 0 aliphatic carbocycles. The van der Waals surface area contributed by atoms with E-state index in [-0.39, 0.29) is 12.1 Å². The molecule has 1 aliphatic rings. The maximum Gasteiger partial charge on any atom is 0.318 e. The largest absolute Gasteiger partial charge is 0.388 e. The molecule has 2 amide bonds. The van der Waals surface area contributed by atoms with Gasteiger partial charge in [0.2, 0.25) is 0 Å². The van der Waals surface area contributed by atoms with Gasteiger partial charge in [-0.05, 0) is 18.4 Å². The van der Waals surface area contributed by atoms with Crippen LogP contribution in [0.2, 0.25) is 0 Å². The Labute approximate surface area is 145 Å². The van der Waals surface area contributed by atoms with Gasteiger partial charge in [0.15, 0.2) is 0 Å². The van der Waals surface area contributed by atoms with Crippen molar-refractivity contribution >= 4 is 6.03 Å². The molecule has 1 fully saturated rings. The summed E-state index contributed by atoms with van der Waals surface area (Å²) in [7, 11) is 0. The van der Waals surface area contributed by atoms with Crippen molar-refractivity contribution in [1.29, 1.82) is 0 Å². The summed E-state index contributed by atoms with van der Waals surface area (Å²) in [5.74, 6) is 0.360. The van der Waals surface area contributed by atoms with Crippen molar-refractivity contribution in [1.82, 2.24) is 10.2 Å². The first-order valence-corrected chi connectivity index (χ1v) is 8.79. The lowest BCUT2D eigenvalue weighted by Crippen LogP contribution is -2.52. The molecule has 1 aromatic rings. The van der Waals surface area contributed by atoms with E-state index in [1.165, 1.54) is 0 Å². The van der Waals surface area contributed by atoms with Crippen molar-refractivity contribution < 1.29 is 14.6 Å². The summed E-state index contributed by atoms with van der Waals surface area (Å²) in [5.41, 5.74) is 0.186. The van der Waals surface area contributed by atoms with Gasteiger partial charge in [0.1, 0.15) is 0 Å². The molecule has 1 unspecified atom stereocenters. The van der Waals surface area contributed by atoms with Gasteiger partial charge >= 0.3 is 6.03 Å². The topological polar surface area (TPSA) is 61.8 Å².